The van der Waals surface area contributed by atoms with Gasteiger partial charge in [-0.2, -0.15) is 13.2 Å². The minimum Gasteiger partial charge on any atom is -0.533 e. The van der Waals surface area contributed by atoms with E-state index in [-0.39, 0.29) is 6.04 Å². The number of nitrogens with zero attached hydrogens (tertiary/aromatic N) is 2. The third-order valence-corrected chi connectivity index (χ3v) is 6.24. The summed E-state index contributed by atoms with van der Waals surface area (Å²) in [7, 11) is -5.45. The minimum absolute atomic E-state index is 0.353. The SMILES string of the molecule is O=S(=O)([N-][C@@H]1CCCCC1[n+]1ccc([NH+]2CCCC2)cc1)C(F)(F)F. The monoisotopic (exact) mass is 378 g/mol. The zero-order valence-corrected chi connectivity index (χ0v) is 14.7. The first kappa shape index (κ1) is 18.6. The Bertz CT molecular complexity index is 686. The highest BCUT2D eigenvalue weighted by Crippen LogP contribution is 2.36. The molecule has 1 aromatic heterocycles. The average molecular weight is 378 g/mol. The Labute approximate surface area is 145 Å². The van der Waals surface area contributed by atoms with E-state index >= 15 is 0 Å². The van der Waals surface area contributed by atoms with Gasteiger partial charge in [0.05, 0.1) is 25.2 Å². The van der Waals surface area contributed by atoms with Gasteiger partial charge in [-0.3, -0.25) is 0 Å². The lowest BCUT2D eigenvalue weighted by atomic mass is 9.91. The van der Waals surface area contributed by atoms with E-state index in [1.165, 1.54) is 23.4 Å². The van der Waals surface area contributed by atoms with Crippen LogP contribution in [0.5, 0.6) is 0 Å². The number of alkyl halides is 3. The number of hydrogen-bond donors (Lipinski definition) is 1. The molecule has 25 heavy (non-hydrogen) atoms. The molecule has 2 atom stereocenters. The van der Waals surface area contributed by atoms with Crippen molar-refractivity contribution in [2.45, 2.75) is 56.1 Å². The molecule has 1 saturated heterocycles. The molecule has 1 aliphatic carbocycles. The first-order valence-electron chi connectivity index (χ1n) is 8.67. The van der Waals surface area contributed by atoms with Crippen molar-refractivity contribution in [3.63, 3.8) is 0 Å². The topological polar surface area (TPSA) is 56.6 Å². The Kier molecular flexibility index (Phi) is 5.36. The number of halogens is 3. The van der Waals surface area contributed by atoms with Crippen LogP contribution >= 0.6 is 0 Å². The van der Waals surface area contributed by atoms with Gasteiger partial charge in [-0.15, -0.1) is 0 Å². The summed E-state index contributed by atoms with van der Waals surface area (Å²) in [4.78, 5) is 1.41. The maximum absolute atomic E-state index is 12.7. The van der Waals surface area contributed by atoms with Gasteiger partial charge in [0.1, 0.15) is 11.7 Å². The molecule has 0 radical (unpaired) electrons. The molecular weight excluding hydrogens is 355 g/mol. The van der Waals surface area contributed by atoms with Gasteiger partial charge in [0.2, 0.25) is 0 Å². The van der Waals surface area contributed by atoms with E-state index in [0.29, 0.717) is 19.3 Å². The quantitative estimate of drug-likeness (QED) is 0.815. The highest BCUT2D eigenvalue weighted by Gasteiger charge is 2.41. The number of nitrogens with one attached hydrogen (secondary N) is 1. The normalized spacial score (nSPS) is 26.0. The van der Waals surface area contributed by atoms with E-state index in [4.69, 9.17) is 0 Å². The molecule has 1 unspecified atom stereocenters. The van der Waals surface area contributed by atoms with Crippen LogP contribution in [0.15, 0.2) is 24.5 Å². The number of sulfonamides is 1. The lowest BCUT2D eigenvalue weighted by molar-refractivity contribution is -0.819. The maximum atomic E-state index is 12.7. The van der Waals surface area contributed by atoms with Crippen molar-refractivity contribution >= 4 is 15.7 Å². The predicted octanol–water partition coefficient (Wildman–Crippen LogP) is 1.99. The number of hydrogen-bond acceptors (Lipinski definition) is 2. The summed E-state index contributed by atoms with van der Waals surface area (Å²) in [5.41, 5.74) is -4.16. The predicted molar refractivity (Wildman–Crippen MR) is 85.9 cm³/mol. The molecule has 1 aliphatic heterocycles. The Balaban J connectivity index is 1.76. The Hall–Kier alpha value is -1.19. The summed E-state index contributed by atoms with van der Waals surface area (Å²) in [6.07, 6.45) is 8.61. The molecule has 2 heterocycles. The fraction of sp³-hybridized carbons (Fsp3) is 0.688. The van der Waals surface area contributed by atoms with E-state index in [0.717, 1.165) is 19.5 Å². The average Bonchev–Trinajstić information content (AvgIpc) is 3.09. The molecule has 0 spiro atoms. The standard InChI is InChI=1S/C16H22F3N3O2S/c17-16(18,19)25(23,24)20-14-5-1-2-6-15(14)22-11-7-13(8-12-22)21-9-3-4-10-21/h7-8,11-12,14-15H,1-6,9-10H2/p+1/t14-,15?/m1/s1. The summed E-state index contributed by atoms with van der Waals surface area (Å²) in [6.45, 7) is 2.18. The Morgan fingerprint density at radius 2 is 1.64 bits per heavy atom. The van der Waals surface area contributed by atoms with E-state index < -0.39 is 21.6 Å². The molecule has 0 aromatic carbocycles. The lowest BCUT2D eigenvalue weighted by Crippen LogP contribution is -3.05. The van der Waals surface area contributed by atoms with Crippen LogP contribution < -0.4 is 9.47 Å². The van der Waals surface area contributed by atoms with Crippen molar-refractivity contribution in [3.8, 4) is 0 Å². The summed E-state index contributed by atoms with van der Waals surface area (Å²) in [6, 6.07) is 2.73. The van der Waals surface area contributed by atoms with Gasteiger partial charge in [-0.05, 0) is 6.42 Å². The second kappa shape index (κ2) is 7.20. The maximum Gasteiger partial charge on any atom is 0.480 e. The van der Waals surface area contributed by atoms with Gasteiger partial charge < -0.3 is 9.62 Å². The number of rotatable bonds is 4. The summed E-state index contributed by atoms with van der Waals surface area (Å²) in [5, 5.41) is 0. The van der Waals surface area contributed by atoms with Crippen LogP contribution in [0.25, 0.3) is 4.72 Å². The molecule has 0 bridgehead atoms. The van der Waals surface area contributed by atoms with Gasteiger partial charge in [0.25, 0.3) is 0 Å². The summed E-state index contributed by atoms with van der Waals surface area (Å²) >= 11 is 0. The summed E-state index contributed by atoms with van der Waals surface area (Å²) in [5.74, 6) is 0. The molecular formula is C16H23F3N3O2S+. The molecule has 2 aliphatic rings. The van der Waals surface area contributed by atoms with Crippen molar-refractivity contribution < 1.29 is 31.1 Å². The van der Waals surface area contributed by atoms with E-state index in [1.807, 2.05) is 29.1 Å². The van der Waals surface area contributed by atoms with E-state index in [2.05, 4.69) is 4.72 Å². The van der Waals surface area contributed by atoms with Crippen LogP contribution in [0.1, 0.15) is 44.6 Å². The first-order valence-corrected chi connectivity index (χ1v) is 10.1. The van der Waals surface area contributed by atoms with Crippen LogP contribution in [0, 0.1) is 0 Å². The number of pyridine rings is 1. The fourth-order valence-electron chi connectivity index (χ4n) is 3.79. The van der Waals surface area contributed by atoms with Gasteiger partial charge in [-0.25, -0.2) is 13.0 Å². The molecule has 9 heteroatoms. The van der Waals surface area contributed by atoms with Gasteiger partial charge >= 0.3 is 5.51 Å². The van der Waals surface area contributed by atoms with Gasteiger partial charge in [0, 0.05) is 19.3 Å². The van der Waals surface area contributed by atoms with Crippen LogP contribution in [0.2, 0.25) is 0 Å². The van der Waals surface area contributed by atoms with Crippen molar-refractivity contribution in [2.75, 3.05) is 13.1 Å². The lowest BCUT2D eigenvalue weighted by Gasteiger charge is -2.37. The second-order valence-corrected chi connectivity index (χ2v) is 8.41. The first-order chi connectivity index (χ1) is 11.8. The summed E-state index contributed by atoms with van der Waals surface area (Å²) < 4.78 is 65.8. The van der Waals surface area contributed by atoms with Crippen LogP contribution in [-0.4, -0.2) is 33.1 Å². The van der Waals surface area contributed by atoms with Crippen LogP contribution in [0.4, 0.5) is 18.9 Å². The van der Waals surface area contributed by atoms with Crippen molar-refractivity contribution in [1.82, 2.24) is 0 Å². The molecule has 3 rings (SSSR count). The van der Waals surface area contributed by atoms with Crippen LogP contribution in [0.3, 0.4) is 0 Å². The number of aromatic nitrogens is 1. The smallest absolute Gasteiger partial charge is 0.480 e. The molecule has 1 N–H and O–H groups in total. The van der Waals surface area contributed by atoms with Crippen molar-refractivity contribution in [3.05, 3.63) is 29.2 Å². The second-order valence-electron chi connectivity index (χ2n) is 6.79. The Morgan fingerprint density at radius 1 is 1.04 bits per heavy atom. The third-order valence-electron chi connectivity index (χ3n) is 5.11. The molecule has 1 aromatic rings. The zero-order chi connectivity index (χ0) is 18.1. The molecule has 1 saturated carbocycles. The van der Waals surface area contributed by atoms with Crippen molar-refractivity contribution in [1.29, 1.82) is 0 Å². The van der Waals surface area contributed by atoms with Crippen LogP contribution in [-0.2, 0) is 10.0 Å². The number of quaternary nitrogens is 1. The molecule has 140 valence electrons. The highest BCUT2D eigenvalue weighted by atomic mass is 32.2. The van der Waals surface area contributed by atoms with E-state index in [1.54, 1.807) is 0 Å². The molecule has 2 fully saturated rings. The van der Waals surface area contributed by atoms with E-state index in [9.17, 15) is 21.6 Å². The Morgan fingerprint density at radius 3 is 2.24 bits per heavy atom. The fourth-order valence-corrected chi connectivity index (χ4v) is 4.51. The molecule has 5 nitrogen and oxygen atoms in total. The van der Waals surface area contributed by atoms with Gasteiger partial charge in [0.15, 0.2) is 22.4 Å². The molecule has 0 amide bonds. The van der Waals surface area contributed by atoms with Crippen molar-refractivity contribution in [2.24, 2.45) is 0 Å². The minimum atomic E-state index is -5.45. The largest absolute Gasteiger partial charge is 0.533 e. The third kappa shape index (κ3) is 4.15. The zero-order valence-electron chi connectivity index (χ0n) is 13.9. The highest BCUT2D eigenvalue weighted by molar-refractivity contribution is 7.94. The van der Waals surface area contributed by atoms with Gasteiger partial charge in [-0.1, -0.05) is 18.9 Å².